The molecule has 1 aliphatic carbocycles. The summed E-state index contributed by atoms with van der Waals surface area (Å²) in [5, 5.41) is 0. The molecule has 1 amide bonds. The van der Waals surface area contributed by atoms with Gasteiger partial charge in [-0.2, -0.15) is 0 Å². The molecule has 2 heterocycles. The van der Waals surface area contributed by atoms with E-state index in [4.69, 9.17) is 4.74 Å². The molecule has 1 spiro atoms. The summed E-state index contributed by atoms with van der Waals surface area (Å²) in [5.41, 5.74) is 1.01. The predicted molar refractivity (Wildman–Crippen MR) is 81.9 cm³/mol. The largest absolute Gasteiger partial charge is 0.444 e. The number of rotatable bonds is 0. The van der Waals surface area contributed by atoms with Gasteiger partial charge >= 0.3 is 6.09 Å². The Balaban J connectivity index is 1.73. The van der Waals surface area contributed by atoms with Gasteiger partial charge in [0.05, 0.1) is 5.69 Å². The molecule has 22 heavy (non-hydrogen) atoms. The van der Waals surface area contributed by atoms with Crippen LogP contribution in [0.15, 0.2) is 18.3 Å². The number of aromatic nitrogens is 1. The second-order valence-corrected chi connectivity index (χ2v) is 7.25. The number of ketones is 1. The van der Waals surface area contributed by atoms with E-state index in [1.165, 1.54) is 0 Å². The number of carbonyl (C=O) groups excluding carboxylic acids is 2. The minimum atomic E-state index is -0.482. The van der Waals surface area contributed by atoms with Gasteiger partial charge in [0.2, 0.25) is 0 Å². The number of hydrogen-bond donors (Lipinski definition) is 0. The first-order chi connectivity index (χ1) is 10.3. The Hall–Kier alpha value is -1.91. The molecule has 0 bridgehead atoms. The van der Waals surface area contributed by atoms with Crippen LogP contribution in [0.5, 0.6) is 0 Å². The zero-order valence-corrected chi connectivity index (χ0v) is 13.4. The van der Waals surface area contributed by atoms with Gasteiger partial charge in [0.25, 0.3) is 0 Å². The van der Waals surface area contributed by atoms with Crippen LogP contribution in [-0.4, -0.2) is 40.5 Å². The average molecular weight is 302 g/mol. The molecular weight excluding hydrogens is 280 g/mol. The maximum absolute atomic E-state index is 12.2. The van der Waals surface area contributed by atoms with Gasteiger partial charge in [0.15, 0.2) is 5.78 Å². The molecule has 118 valence electrons. The first kappa shape index (κ1) is 15.0. The molecule has 0 saturated carbocycles. The highest BCUT2D eigenvalue weighted by Crippen LogP contribution is 2.45. The van der Waals surface area contributed by atoms with Crippen LogP contribution in [0.1, 0.15) is 56.1 Å². The van der Waals surface area contributed by atoms with Crippen molar-refractivity contribution in [1.29, 1.82) is 0 Å². The van der Waals surface area contributed by atoms with Crippen LogP contribution < -0.4 is 0 Å². The molecular formula is C17H22N2O3. The summed E-state index contributed by atoms with van der Waals surface area (Å²) in [7, 11) is 0. The summed E-state index contributed by atoms with van der Waals surface area (Å²) in [4.78, 5) is 30.5. The Morgan fingerprint density at radius 2 is 2.00 bits per heavy atom. The Labute approximate surface area is 130 Å². The number of hydrogen-bond acceptors (Lipinski definition) is 4. The lowest BCUT2D eigenvalue weighted by Gasteiger charge is -2.39. The van der Waals surface area contributed by atoms with E-state index >= 15 is 0 Å². The first-order valence-electron chi connectivity index (χ1n) is 7.77. The normalized spacial score (nSPS) is 20.1. The van der Waals surface area contributed by atoms with E-state index in [-0.39, 0.29) is 17.3 Å². The van der Waals surface area contributed by atoms with Gasteiger partial charge in [-0.15, -0.1) is 0 Å². The quantitative estimate of drug-likeness (QED) is 0.739. The maximum atomic E-state index is 12.2. The van der Waals surface area contributed by atoms with Gasteiger partial charge in [-0.3, -0.25) is 9.78 Å². The summed E-state index contributed by atoms with van der Waals surface area (Å²) in [6.45, 7) is 6.82. The van der Waals surface area contributed by atoms with Crippen molar-refractivity contribution in [3.8, 4) is 0 Å². The van der Waals surface area contributed by atoms with Gasteiger partial charge in [-0.25, -0.2) is 4.79 Å². The highest BCUT2D eigenvalue weighted by Gasteiger charge is 2.47. The van der Waals surface area contributed by atoms with Crippen molar-refractivity contribution in [1.82, 2.24) is 9.88 Å². The van der Waals surface area contributed by atoms with Crippen LogP contribution in [0, 0.1) is 0 Å². The van der Waals surface area contributed by atoms with Crippen molar-refractivity contribution >= 4 is 11.9 Å². The molecule has 1 aliphatic heterocycles. The second-order valence-electron chi connectivity index (χ2n) is 7.25. The number of piperidine rings is 1. The summed E-state index contributed by atoms with van der Waals surface area (Å²) in [5.74, 6) is 0.175. The molecule has 5 nitrogen and oxygen atoms in total. The number of carbonyl (C=O) groups is 2. The third-order valence-electron chi connectivity index (χ3n) is 4.48. The Kier molecular flexibility index (Phi) is 3.46. The molecule has 5 heteroatoms. The lowest BCUT2D eigenvalue weighted by Crippen LogP contribution is -2.46. The third kappa shape index (κ3) is 2.60. The van der Waals surface area contributed by atoms with Crippen LogP contribution in [0.3, 0.4) is 0 Å². The SMILES string of the molecule is CC(C)(C)OC(=O)N1CCC2(CC1)CC(=O)c1cccnc12. The molecule has 1 aromatic rings. The molecule has 0 N–H and O–H groups in total. The van der Waals surface area contributed by atoms with Gasteiger partial charge in [0, 0.05) is 36.7 Å². The molecule has 0 unspecified atom stereocenters. The van der Waals surface area contributed by atoms with Crippen LogP contribution in [0.25, 0.3) is 0 Å². The molecule has 1 saturated heterocycles. The molecule has 3 rings (SSSR count). The molecule has 0 radical (unpaired) electrons. The van der Waals surface area contributed by atoms with Crippen LogP contribution >= 0.6 is 0 Å². The second kappa shape index (κ2) is 5.07. The van der Waals surface area contributed by atoms with E-state index in [1.54, 1.807) is 11.1 Å². The number of ether oxygens (including phenoxy) is 1. The maximum Gasteiger partial charge on any atom is 0.410 e. The van der Waals surface area contributed by atoms with Crippen LogP contribution in [0.4, 0.5) is 4.79 Å². The average Bonchev–Trinajstić information content (AvgIpc) is 2.71. The highest BCUT2D eigenvalue weighted by atomic mass is 16.6. The number of Topliss-reactive ketones (excluding diaryl/α,β-unsaturated/α-hetero) is 1. The first-order valence-corrected chi connectivity index (χ1v) is 7.77. The summed E-state index contributed by atoms with van der Waals surface area (Å²) < 4.78 is 5.42. The van der Waals surface area contributed by atoms with Crippen molar-refractivity contribution in [3.05, 3.63) is 29.6 Å². The summed E-state index contributed by atoms with van der Waals surface area (Å²) in [6.07, 6.45) is 3.53. The molecule has 0 atom stereocenters. The van der Waals surface area contributed by atoms with E-state index in [9.17, 15) is 9.59 Å². The Morgan fingerprint density at radius 1 is 1.32 bits per heavy atom. The van der Waals surface area contributed by atoms with Gasteiger partial charge in [0.1, 0.15) is 5.60 Å². The smallest absolute Gasteiger partial charge is 0.410 e. The molecule has 2 aliphatic rings. The minimum absolute atomic E-state index is 0.175. The monoisotopic (exact) mass is 302 g/mol. The van der Waals surface area contributed by atoms with E-state index in [1.807, 2.05) is 32.9 Å². The van der Waals surface area contributed by atoms with Gasteiger partial charge in [-0.1, -0.05) is 0 Å². The van der Waals surface area contributed by atoms with Crippen LogP contribution in [-0.2, 0) is 10.2 Å². The fourth-order valence-electron chi connectivity index (χ4n) is 3.40. The fourth-order valence-corrected chi connectivity index (χ4v) is 3.40. The number of pyridine rings is 1. The molecule has 0 aromatic carbocycles. The zero-order chi connectivity index (χ0) is 16.0. The highest BCUT2D eigenvalue weighted by molar-refractivity contribution is 6.01. The lowest BCUT2D eigenvalue weighted by molar-refractivity contribution is 0.0164. The van der Waals surface area contributed by atoms with E-state index < -0.39 is 5.60 Å². The van der Waals surface area contributed by atoms with Gasteiger partial charge in [-0.05, 0) is 45.7 Å². The van der Waals surface area contributed by atoms with Crippen LogP contribution in [0.2, 0.25) is 0 Å². The van der Waals surface area contributed by atoms with E-state index in [0.29, 0.717) is 19.5 Å². The minimum Gasteiger partial charge on any atom is -0.444 e. The van der Waals surface area contributed by atoms with E-state index in [0.717, 1.165) is 24.1 Å². The van der Waals surface area contributed by atoms with Crippen molar-refractivity contribution in [2.75, 3.05) is 13.1 Å². The summed E-state index contributed by atoms with van der Waals surface area (Å²) in [6, 6.07) is 3.67. The number of likely N-dealkylation sites (tertiary alicyclic amines) is 1. The Bertz CT molecular complexity index is 611. The number of amides is 1. The van der Waals surface area contributed by atoms with Crippen molar-refractivity contribution in [3.63, 3.8) is 0 Å². The molecule has 1 fully saturated rings. The standard InChI is InChI=1S/C17H22N2O3/c1-16(2,3)22-15(21)19-9-6-17(7-10-19)11-13(20)12-5-4-8-18-14(12)17/h4-5,8H,6-7,9-11H2,1-3H3. The predicted octanol–water partition coefficient (Wildman–Crippen LogP) is 2.94. The number of fused-ring (bicyclic) bond motifs is 2. The summed E-state index contributed by atoms with van der Waals surface area (Å²) >= 11 is 0. The topological polar surface area (TPSA) is 59.5 Å². The molecule has 1 aromatic heterocycles. The lowest BCUT2D eigenvalue weighted by atomic mass is 9.76. The fraction of sp³-hybridized carbons (Fsp3) is 0.588. The van der Waals surface area contributed by atoms with Gasteiger partial charge < -0.3 is 9.64 Å². The Morgan fingerprint density at radius 3 is 2.64 bits per heavy atom. The van der Waals surface area contributed by atoms with Crippen molar-refractivity contribution in [2.24, 2.45) is 0 Å². The zero-order valence-electron chi connectivity index (χ0n) is 13.4. The van der Waals surface area contributed by atoms with E-state index in [2.05, 4.69) is 4.98 Å². The number of nitrogens with zero attached hydrogens (tertiary/aromatic N) is 2. The van der Waals surface area contributed by atoms with Crippen molar-refractivity contribution in [2.45, 2.75) is 51.0 Å². The van der Waals surface area contributed by atoms with Crippen molar-refractivity contribution < 1.29 is 14.3 Å². The third-order valence-corrected chi connectivity index (χ3v) is 4.48.